The van der Waals surface area contributed by atoms with Crippen molar-refractivity contribution in [3.8, 4) is 11.3 Å². The standard InChI is InChI=1S/C18H18ClN5O/c1-24(2)16-9-12(7-8-20-16)10-21-18(25)15-11-22-23-17(15)13-3-5-14(19)6-4-13/h3-9,11H,10H2,1-2H3,(H,21,25)(H,22,23). The molecule has 0 unspecified atom stereocenters. The number of pyridine rings is 1. The minimum absolute atomic E-state index is 0.193. The van der Waals surface area contributed by atoms with Crippen LogP contribution in [0.3, 0.4) is 0 Å². The largest absolute Gasteiger partial charge is 0.363 e. The van der Waals surface area contributed by atoms with E-state index in [0.29, 0.717) is 22.8 Å². The molecule has 0 saturated carbocycles. The number of aromatic nitrogens is 3. The summed E-state index contributed by atoms with van der Waals surface area (Å²) < 4.78 is 0. The average molecular weight is 356 g/mol. The second-order valence-electron chi connectivity index (χ2n) is 5.76. The first-order chi connectivity index (χ1) is 12.0. The smallest absolute Gasteiger partial charge is 0.255 e. The number of aromatic amines is 1. The molecule has 7 heteroatoms. The minimum Gasteiger partial charge on any atom is -0.363 e. The number of halogens is 1. The topological polar surface area (TPSA) is 73.9 Å². The maximum Gasteiger partial charge on any atom is 0.255 e. The van der Waals surface area contributed by atoms with Crippen molar-refractivity contribution in [1.29, 1.82) is 0 Å². The van der Waals surface area contributed by atoms with Crippen LogP contribution in [0, 0.1) is 0 Å². The van der Waals surface area contributed by atoms with Crippen LogP contribution in [0.1, 0.15) is 15.9 Å². The molecule has 0 aliphatic rings. The molecule has 0 aliphatic heterocycles. The Kier molecular flexibility index (Phi) is 5.00. The molecule has 0 atom stereocenters. The van der Waals surface area contributed by atoms with Crippen LogP contribution in [0.5, 0.6) is 0 Å². The number of carbonyl (C=O) groups is 1. The molecule has 2 N–H and O–H groups in total. The van der Waals surface area contributed by atoms with E-state index in [4.69, 9.17) is 11.6 Å². The molecule has 128 valence electrons. The van der Waals surface area contributed by atoms with Crippen molar-refractivity contribution in [2.24, 2.45) is 0 Å². The SMILES string of the molecule is CN(C)c1cc(CNC(=O)c2cn[nH]c2-c2ccc(Cl)cc2)ccn1. The number of benzene rings is 1. The molecule has 6 nitrogen and oxygen atoms in total. The van der Waals surface area contributed by atoms with E-state index in [1.54, 1.807) is 18.3 Å². The van der Waals surface area contributed by atoms with Gasteiger partial charge in [-0.1, -0.05) is 23.7 Å². The third-order valence-electron chi connectivity index (χ3n) is 3.74. The highest BCUT2D eigenvalue weighted by molar-refractivity contribution is 6.30. The van der Waals surface area contributed by atoms with Gasteiger partial charge >= 0.3 is 0 Å². The van der Waals surface area contributed by atoms with Crippen molar-refractivity contribution in [3.63, 3.8) is 0 Å². The van der Waals surface area contributed by atoms with Crippen LogP contribution in [-0.2, 0) is 6.54 Å². The zero-order valence-corrected chi connectivity index (χ0v) is 14.7. The number of anilines is 1. The molecule has 0 aliphatic carbocycles. The van der Waals surface area contributed by atoms with Crippen molar-refractivity contribution in [2.45, 2.75) is 6.54 Å². The summed E-state index contributed by atoms with van der Waals surface area (Å²) in [5.41, 5.74) is 2.98. The van der Waals surface area contributed by atoms with Gasteiger partial charge in [0.2, 0.25) is 0 Å². The third-order valence-corrected chi connectivity index (χ3v) is 3.99. The first kappa shape index (κ1) is 17.0. The predicted molar refractivity (Wildman–Crippen MR) is 98.8 cm³/mol. The second-order valence-corrected chi connectivity index (χ2v) is 6.20. The van der Waals surface area contributed by atoms with Crippen LogP contribution in [0.4, 0.5) is 5.82 Å². The van der Waals surface area contributed by atoms with E-state index < -0.39 is 0 Å². The molecule has 0 fully saturated rings. The number of hydrogen-bond donors (Lipinski definition) is 2. The number of amides is 1. The summed E-state index contributed by atoms with van der Waals surface area (Å²) in [6.45, 7) is 0.410. The number of rotatable bonds is 5. The minimum atomic E-state index is -0.193. The quantitative estimate of drug-likeness (QED) is 0.737. The van der Waals surface area contributed by atoms with Crippen molar-refractivity contribution >= 4 is 23.3 Å². The van der Waals surface area contributed by atoms with Crippen molar-refractivity contribution < 1.29 is 4.79 Å². The summed E-state index contributed by atoms with van der Waals surface area (Å²) >= 11 is 5.91. The molecular formula is C18H18ClN5O. The molecule has 1 amide bonds. The first-order valence-corrected chi connectivity index (χ1v) is 8.12. The Morgan fingerprint density at radius 2 is 2.00 bits per heavy atom. The Labute approximate surface area is 150 Å². The van der Waals surface area contributed by atoms with Crippen molar-refractivity contribution in [1.82, 2.24) is 20.5 Å². The summed E-state index contributed by atoms with van der Waals surface area (Å²) in [5.74, 6) is 0.652. The summed E-state index contributed by atoms with van der Waals surface area (Å²) in [4.78, 5) is 18.7. The summed E-state index contributed by atoms with van der Waals surface area (Å²) in [7, 11) is 3.85. The highest BCUT2D eigenvalue weighted by Gasteiger charge is 2.15. The van der Waals surface area contributed by atoms with Crippen molar-refractivity contribution in [3.05, 3.63) is 64.9 Å². The average Bonchev–Trinajstić information content (AvgIpc) is 3.10. The van der Waals surface area contributed by atoms with Gasteiger partial charge < -0.3 is 10.2 Å². The molecular weight excluding hydrogens is 338 g/mol. The monoisotopic (exact) mass is 355 g/mol. The summed E-state index contributed by atoms with van der Waals surface area (Å²) in [5, 5.41) is 10.4. The summed E-state index contributed by atoms with van der Waals surface area (Å²) in [6.07, 6.45) is 3.25. The van der Waals surface area contributed by atoms with E-state index in [0.717, 1.165) is 16.9 Å². The van der Waals surface area contributed by atoms with Crippen LogP contribution in [0.15, 0.2) is 48.8 Å². The lowest BCUT2D eigenvalue weighted by Crippen LogP contribution is -2.23. The Balaban J connectivity index is 1.73. The maximum absolute atomic E-state index is 12.5. The fourth-order valence-electron chi connectivity index (χ4n) is 2.39. The van der Waals surface area contributed by atoms with Crippen LogP contribution < -0.4 is 10.2 Å². The molecule has 3 rings (SSSR count). The lowest BCUT2D eigenvalue weighted by molar-refractivity contribution is 0.0951. The first-order valence-electron chi connectivity index (χ1n) is 7.74. The van der Waals surface area contributed by atoms with Gasteiger partial charge in [0.15, 0.2) is 0 Å². The second kappa shape index (κ2) is 7.36. The van der Waals surface area contributed by atoms with Gasteiger partial charge in [-0.3, -0.25) is 9.89 Å². The van der Waals surface area contributed by atoms with Gasteiger partial charge in [-0.2, -0.15) is 5.10 Å². The summed E-state index contributed by atoms with van der Waals surface area (Å²) in [6, 6.07) is 11.1. The van der Waals surface area contributed by atoms with Crippen LogP contribution in [0.2, 0.25) is 5.02 Å². The maximum atomic E-state index is 12.5. The number of nitrogens with zero attached hydrogens (tertiary/aromatic N) is 3. The molecule has 2 heterocycles. The van der Waals surface area contributed by atoms with E-state index in [1.807, 2.05) is 43.3 Å². The fraction of sp³-hybridized carbons (Fsp3) is 0.167. The van der Waals surface area contributed by atoms with Gasteiger partial charge in [0.1, 0.15) is 5.82 Å². The Morgan fingerprint density at radius 3 is 2.72 bits per heavy atom. The van der Waals surface area contributed by atoms with Crippen molar-refractivity contribution in [2.75, 3.05) is 19.0 Å². The molecule has 3 aromatic rings. The number of carbonyl (C=O) groups excluding carboxylic acids is 1. The Hall–Kier alpha value is -2.86. The molecule has 0 radical (unpaired) electrons. The lowest BCUT2D eigenvalue weighted by atomic mass is 10.1. The third kappa shape index (κ3) is 3.97. The van der Waals surface area contributed by atoms with E-state index in [2.05, 4.69) is 20.5 Å². The van der Waals surface area contributed by atoms with Gasteiger partial charge in [-0.15, -0.1) is 0 Å². The zero-order valence-electron chi connectivity index (χ0n) is 14.0. The highest BCUT2D eigenvalue weighted by Crippen LogP contribution is 2.23. The Morgan fingerprint density at radius 1 is 1.24 bits per heavy atom. The highest BCUT2D eigenvalue weighted by atomic mass is 35.5. The van der Waals surface area contributed by atoms with Gasteiger partial charge in [-0.25, -0.2) is 4.98 Å². The van der Waals surface area contributed by atoms with Gasteiger partial charge in [-0.05, 0) is 29.8 Å². The molecule has 25 heavy (non-hydrogen) atoms. The van der Waals surface area contributed by atoms with E-state index in [1.165, 1.54) is 6.20 Å². The number of hydrogen-bond acceptors (Lipinski definition) is 4. The van der Waals surface area contributed by atoms with E-state index >= 15 is 0 Å². The van der Waals surface area contributed by atoms with E-state index in [-0.39, 0.29) is 5.91 Å². The van der Waals surface area contributed by atoms with Gasteiger partial charge in [0.05, 0.1) is 17.5 Å². The number of H-pyrrole nitrogens is 1. The zero-order chi connectivity index (χ0) is 17.8. The Bertz CT molecular complexity index is 873. The van der Waals surface area contributed by atoms with Crippen LogP contribution in [-0.4, -0.2) is 35.2 Å². The molecule has 0 bridgehead atoms. The predicted octanol–water partition coefficient (Wildman–Crippen LogP) is 3.12. The fourth-order valence-corrected chi connectivity index (χ4v) is 2.51. The normalized spacial score (nSPS) is 10.5. The van der Waals surface area contributed by atoms with E-state index in [9.17, 15) is 4.79 Å². The number of nitrogens with one attached hydrogen (secondary N) is 2. The molecule has 0 spiro atoms. The molecule has 1 aromatic carbocycles. The van der Waals surface area contributed by atoms with Gasteiger partial charge in [0, 0.05) is 37.4 Å². The van der Waals surface area contributed by atoms with Crippen LogP contribution in [0.25, 0.3) is 11.3 Å². The van der Waals surface area contributed by atoms with Gasteiger partial charge in [0.25, 0.3) is 5.91 Å². The lowest BCUT2D eigenvalue weighted by Gasteiger charge is -2.12. The molecule has 2 aromatic heterocycles. The molecule has 0 saturated heterocycles. The van der Waals surface area contributed by atoms with Crippen LogP contribution >= 0.6 is 11.6 Å².